The monoisotopic (exact) mass is 583 g/mol. The third kappa shape index (κ3) is 19.6. The van der Waals surface area contributed by atoms with Crippen LogP contribution in [-0.4, -0.2) is 69.9 Å². The number of benzene rings is 1. The lowest BCUT2D eigenvalue weighted by molar-refractivity contribution is -0.917. The summed E-state index contributed by atoms with van der Waals surface area (Å²) in [4.78, 5) is 11.7. The van der Waals surface area contributed by atoms with Crippen LogP contribution in [0.15, 0.2) is 29.2 Å². The minimum absolute atomic E-state index is 0.0143. The highest BCUT2D eigenvalue weighted by Gasteiger charge is 2.25. The second-order valence-corrected chi connectivity index (χ2v) is 13.0. The van der Waals surface area contributed by atoms with Gasteiger partial charge in [-0.1, -0.05) is 115 Å². The highest BCUT2D eigenvalue weighted by atomic mass is 32.2. The summed E-state index contributed by atoms with van der Waals surface area (Å²) in [6, 6.07) is 5.78. The first-order valence-corrected chi connectivity index (χ1v) is 17.2. The molecule has 40 heavy (non-hydrogen) atoms. The molecule has 232 valence electrons. The second-order valence-electron chi connectivity index (χ2n) is 11.6. The van der Waals surface area contributed by atoms with E-state index in [-0.39, 0.29) is 10.9 Å². The molecular weight excluding hydrogens is 526 g/mol. The van der Waals surface area contributed by atoms with Crippen LogP contribution in [0.3, 0.4) is 0 Å². The number of hydrogen-bond donors (Lipinski definition) is 0. The number of nitrogens with zero attached hydrogens (tertiary/aromatic N) is 1. The van der Waals surface area contributed by atoms with Gasteiger partial charge in [-0.3, -0.25) is 4.79 Å². The van der Waals surface area contributed by atoms with Gasteiger partial charge in [-0.2, -0.15) is 0 Å². The van der Waals surface area contributed by atoms with Gasteiger partial charge in [-0.25, -0.2) is 8.42 Å². The number of likely N-dealkylation sites (N-methyl/N-ethyl adjacent to an activating group) is 1. The highest BCUT2D eigenvalue weighted by molar-refractivity contribution is 7.85. The molecule has 1 aliphatic rings. The van der Waals surface area contributed by atoms with Crippen LogP contribution < -0.4 is 0 Å². The maximum absolute atomic E-state index is 11.9. The number of carbonyl (C=O) groups excluding carboxylic acids is 1. The third-order valence-electron chi connectivity index (χ3n) is 7.74. The molecule has 0 N–H and O–H groups in total. The summed E-state index contributed by atoms with van der Waals surface area (Å²) >= 11 is 0. The Bertz CT molecular complexity index is 866. The van der Waals surface area contributed by atoms with E-state index in [1.165, 1.54) is 95.6 Å². The molecule has 0 aromatic heterocycles. The molecule has 1 aromatic carbocycles. The van der Waals surface area contributed by atoms with Gasteiger partial charge in [-0.15, -0.1) is 0 Å². The summed E-state index contributed by atoms with van der Waals surface area (Å²) in [5.74, 6) is -0.0143. The molecule has 2 rings (SSSR count). The van der Waals surface area contributed by atoms with E-state index in [4.69, 9.17) is 9.47 Å². The van der Waals surface area contributed by atoms with Crippen molar-refractivity contribution in [3.05, 3.63) is 29.8 Å². The number of unbranched alkanes of at least 4 members (excludes halogenated alkanes) is 14. The summed E-state index contributed by atoms with van der Waals surface area (Å²) in [6.45, 7) is 9.26. The van der Waals surface area contributed by atoms with Crippen molar-refractivity contribution in [2.24, 2.45) is 0 Å². The Morgan fingerprint density at radius 3 is 1.73 bits per heavy atom. The molecule has 0 amide bonds. The SMILES string of the molecule is CCCCCCCCCCCCCCCCCC(=O)OCC[N+]1(C)CCOCC1.Cc1ccc(S(=O)(=O)[O-])cc1. The Morgan fingerprint density at radius 2 is 1.27 bits per heavy atom. The molecular formula is C32H57NO6S. The summed E-state index contributed by atoms with van der Waals surface area (Å²) in [5, 5.41) is 0. The normalized spacial score (nSPS) is 14.8. The van der Waals surface area contributed by atoms with Crippen molar-refractivity contribution in [3.63, 3.8) is 0 Å². The van der Waals surface area contributed by atoms with Crippen molar-refractivity contribution >= 4 is 16.1 Å². The van der Waals surface area contributed by atoms with Crippen LogP contribution in [0.2, 0.25) is 0 Å². The van der Waals surface area contributed by atoms with Crippen LogP contribution in [0.5, 0.6) is 0 Å². The van der Waals surface area contributed by atoms with E-state index in [2.05, 4.69) is 14.0 Å². The standard InChI is InChI=1S/C25H50NO3.C7H8O3S/c1-3-4-5-6-7-8-9-10-11-12-13-14-15-16-17-18-25(27)29-24-21-26(2)19-22-28-23-20-26;1-6-2-4-7(5-3-6)11(8,9)10/h3-24H2,1-2H3;2-5H,1H3,(H,8,9,10)/q+1;/p-1. The van der Waals surface area contributed by atoms with E-state index >= 15 is 0 Å². The van der Waals surface area contributed by atoms with Crippen molar-refractivity contribution in [1.29, 1.82) is 0 Å². The van der Waals surface area contributed by atoms with E-state index in [1.807, 2.05) is 6.92 Å². The maximum atomic E-state index is 11.9. The van der Waals surface area contributed by atoms with E-state index in [0.29, 0.717) is 13.0 Å². The van der Waals surface area contributed by atoms with Crippen molar-refractivity contribution in [3.8, 4) is 0 Å². The van der Waals surface area contributed by atoms with Crippen molar-refractivity contribution < 1.29 is 31.7 Å². The van der Waals surface area contributed by atoms with Gasteiger partial charge >= 0.3 is 5.97 Å². The van der Waals surface area contributed by atoms with Gasteiger partial charge in [0.1, 0.15) is 36.4 Å². The lowest BCUT2D eigenvalue weighted by Gasteiger charge is -2.37. The van der Waals surface area contributed by atoms with Crippen molar-refractivity contribution in [1.82, 2.24) is 0 Å². The van der Waals surface area contributed by atoms with E-state index < -0.39 is 10.1 Å². The van der Waals surface area contributed by atoms with Crippen molar-refractivity contribution in [2.75, 3.05) is 46.5 Å². The zero-order valence-electron chi connectivity index (χ0n) is 25.7. The van der Waals surface area contributed by atoms with Crippen LogP contribution >= 0.6 is 0 Å². The van der Waals surface area contributed by atoms with Gasteiger partial charge in [0, 0.05) is 6.42 Å². The van der Waals surface area contributed by atoms with Gasteiger partial charge in [0.25, 0.3) is 0 Å². The molecule has 1 saturated heterocycles. The fourth-order valence-corrected chi connectivity index (χ4v) is 5.27. The van der Waals surface area contributed by atoms with E-state index in [1.54, 1.807) is 12.1 Å². The number of hydrogen-bond acceptors (Lipinski definition) is 6. The fourth-order valence-electron chi connectivity index (χ4n) is 4.80. The highest BCUT2D eigenvalue weighted by Crippen LogP contribution is 2.14. The van der Waals surface area contributed by atoms with Crippen LogP contribution in [0.4, 0.5) is 0 Å². The average molecular weight is 584 g/mol. The number of ether oxygens (including phenoxy) is 2. The summed E-state index contributed by atoms with van der Waals surface area (Å²) in [7, 11) is -2.04. The molecule has 0 unspecified atom stereocenters. The zero-order chi connectivity index (χ0) is 29.5. The zero-order valence-corrected chi connectivity index (χ0v) is 26.5. The number of carbonyl (C=O) groups is 1. The molecule has 8 heteroatoms. The first-order chi connectivity index (χ1) is 19.2. The Hall–Kier alpha value is -1.48. The molecule has 1 heterocycles. The van der Waals surface area contributed by atoms with E-state index in [0.717, 1.165) is 55.7 Å². The largest absolute Gasteiger partial charge is 0.744 e. The molecule has 0 atom stereocenters. The van der Waals surface area contributed by atoms with E-state index in [9.17, 15) is 17.8 Å². The van der Waals surface area contributed by atoms with Gasteiger partial charge in [-0.05, 0) is 25.5 Å². The molecule has 7 nitrogen and oxygen atoms in total. The molecule has 0 aliphatic carbocycles. The lowest BCUT2D eigenvalue weighted by atomic mass is 10.0. The summed E-state index contributed by atoms with van der Waals surface area (Å²) in [5.41, 5.74) is 0.928. The summed E-state index contributed by atoms with van der Waals surface area (Å²) < 4.78 is 43.0. The fraction of sp³-hybridized carbons (Fsp3) is 0.781. The maximum Gasteiger partial charge on any atom is 0.305 e. The quantitative estimate of drug-likeness (QED) is 0.0699. The average Bonchev–Trinajstić information content (AvgIpc) is 2.91. The predicted molar refractivity (Wildman–Crippen MR) is 161 cm³/mol. The number of aryl methyl sites for hydroxylation is 1. The molecule has 1 aliphatic heterocycles. The first kappa shape index (κ1) is 36.5. The Morgan fingerprint density at radius 1 is 0.825 bits per heavy atom. The Balaban J connectivity index is 0.000000603. The minimum atomic E-state index is -4.27. The molecule has 0 bridgehead atoms. The third-order valence-corrected chi connectivity index (χ3v) is 8.59. The van der Waals surface area contributed by atoms with Crippen LogP contribution in [0, 0.1) is 6.92 Å². The molecule has 1 aromatic rings. The summed E-state index contributed by atoms with van der Waals surface area (Å²) in [6.07, 6.45) is 20.8. The molecule has 0 saturated carbocycles. The first-order valence-electron chi connectivity index (χ1n) is 15.8. The van der Waals surface area contributed by atoms with Gasteiger partial charge in [0.15, 0.2) is 0 Å². The molecule has 1 fully saturated rings. The van der Waals surface area contributed by atoms with Gasteiger partial charge < -0.3 is 18.5 Å². The van der Waals surface area contributed by atoms with Gasteiger partial charge in [0.05, 0.1) is 25.2 Å². The van der Waals surface area contributed by atoms with Crippen LogP contribution in [0.25, 0.3) is 0 Å². The minimum Gasteiger partial charge on any atom is -0.744 e. The Kier molecular flexibility index (Phi) is 20.2. The topological polar surface area (TPSA) is 92.7 Å². The smallest absolute Gasteiger partial charge is 0.305 e. The molecule has 0 radical (unpaired) electrons. The number of esters is 1. The number of quaternary nitrogens is 1. The number of morpholine rings is 1. The lowest BCUT2D eigenvalue weighted by Crippen LogP contribution is -2.53. The number of rotatable bonds is 20. The predicted octanol–water partition coefficient (Wildman–Crippen LogP) is 7.17. The molecule has 0 spiro atoms. The Labute approximate surface area is 245 Å². The second kappa shape index (κ2) is 22.2. The van der Waals surface area contributed by atoms with Crippen molar-refractivity contribution in [2.45, 2.75) is 121 Å². The van der Waals surface area contributed by atoms with Gasteiger partial charge in [0.2, 0.25) is 0 Å². The van der Waals surface area contributed by atoms with Crippen LogP contribution in [-0.2, 0) is 24.4 Å². The van der Waals surface area contributed by atoms with Crippen LogP contribution in [0.1, 0.15) is 115 Å².